The van der Waals surface area contributed by atoms with Gasteiger partial charge in [-0.1, -0.05) is 12.8 Å². The first-order valence-corrected chi connectivity index (χ1v) is 8.33. The molecule has 2 fully saturated rings. The molecule has 24 heavy (non-hydrogen) atoms. The lowest BCUT2D eigenvalue weighted by molar-refractivity contribution is -0.126. The second kappa shape index (κ2) is 4.98. The number of nitriles is 1. The van der Waals surface area contributed by atoms with Crippen LogP contribution in [0.4, 0.5) is 13.2 Å². The van der Waals surface area contributed by atoms with Crippen LogP contribution < -0.4 is 5.32 Å². The van der Waals surface area contributed by atoms with Crippen LogP contribution in [0.5, 0.6) is 0 Å². The van der Waals surface area contributed by atoms with Crippen LogP contribution in [-0.2, 0) is 11.2 Å². The van der Waals surface area contributed by atoms with E-state index in [4.69, 9.17) is 0 Å². The SMILES string of the molecule is N#C[C@]1(C(=O)N[C@@H]2CCc3cc(F)c(F)c(F)c32)CC12CCCC2. The largest absolute Gasteiger partial charge is 0.348 e. The average molecular weight is 334 g/mol. The molecule has 3 nitrogen and oxygen atoms in total. The second-order valence-corrected chi connectivity index (χ2v) is 7.31. The maximum atomic E-state index is 14.1. The third-order valence-corrected chi connectivity index (χ3v) is 6.16. The van der Waals surface area contributed by atoms with Crippen molar-refractivity contribution in [1.29, 1.82) is 5.26 Å². The van der Waals surface area contributed by atoms with Crippen molar-refractivity contribution in [1.82, 2.24) is 5.32 Å². The van der Waals surface area contributed by atoms with Crippen molar-refractivity contribution < 1.29 is 18.0 Å². The van der Waals surface area contributed by atoms with Crippen molar-refractivity contribution in [3.05, 3.63) is 34.6 Å². The number of benzene rings is 1. The summed E-state index contributed by atoms with van der Waals surface area (Å²) in [4.78, 5) is 12.7. The summed E-state index contributed by atoms with van der Waals surface area (Å²) in [5.41, 5.74) is -0.869. The van der Waals surface area contributed by atoms with Crippen molar-refractivity contribution in [3.8, 4) is 6.07 Å². The topological polar surface area (TPSA) is 52.9 Å². The molecule has 3 aliphatic rings. The summed E-state index contributed by atoms with van der Waals surface area (Å²) in [5.74, 6) is -4.35. The molecule has 0 aromatic heterocycles. The van der Waals surface area contributed by atoms with E-state index in [1.54, 1.807) is 0 Å². The van der Waals surface area contributed by atoms with Gasteiger partial charge < -0.3 is 5.32 Å². The Kier molecular flexibility index (Phi) is 3.22. The summed E-state index contributed by atoms with van der Waals surface area (Å²) < 4.78 is 41.0. The minimum absolute atomic E-state index is 0.0245. The highest BCUT2D eigenvalue weighted by Gasteiger charge is 2.73. The van der Waals surface area contributed by atoms with Gasteiger partial charge in [0.1, 0.15) is 5.41 Å². The van der Waals surface area contributed by atoms with Crippen molar-refractivity contribution in [2.75, 3.05) is 0 Å². The number of halogens is 3. The predicted octanol–water partition coefficient (Wildman–Crippen LogP) is 3.68. The van der Waals surface area contributed by atoms with E-state index in [-0.39, 0.29) is 11.0 Å². The van der Waals surface area contributed by atoms with Crippen molar-refractivity contribution in [2.45, 2.75) is 51.0 Å². The Hall–Kier alpha value is -2.03. The smallest absolute Gasteiger partial charge is 0.241 e. The number of carbonyl (C=O) groups is 1. The molecule has 3 aliphatic carbocycles. The van der Waals surface area contributed by atoms with Gasteiger partial charge in [-0.15, -0.1) is 0 Å². The molecule has 2 saturated carbocycles. The first-order chi connectivity index (χ1) is 11.4. The molecular weight excluding hydrogens is 317 g/mol. The van der Waals surface area contributed by atoms with E-state index in [1.807, 2.05) is 0 Å². The van der Waals surface area contributed by atoms with Crippen LogP contribution in [0.25, 0.3) is 0 Å². The van der Waals surface area contributed by atoms with E-state index in [2.05, 4.69) is 11.4 Å². The number of nitrogens with zero attached hydrogens (tertiary/aromatic N) is 1. The Labute approximate surface area is 137 Å². The van der Waals surface area contributed by atoms with Gasteiger partial charge in [0.15, 0.2) is 17.5 Å². The monoisotopic (exact) mass is 334 g/mol. The predicted molar refractivity (Wildman–Crippen MR) is 79.1 cm³/mol. The zero-order chi connectivity index (χ0) is 17.1. The van der Waals surface area contributed by atoms with Crippen LogP contribution in [0, 0.1) is 39.6 Å². The lowest BCUT2D eigenvalue weighted by Crippen LogP contribution is -2.36. The molecule has 1 aromatic rings. The summed E-state index contributed by atoms with van der Waals surface area (Å²) in [6, 6.07) is 2.47. The van der Waals surface area contributed by atoms with Gasteiger partial charge in [0, 0.05) is 11.0 Å². The van der Waals surface area contributed by atoms with Crippen LogP contribution in [0.15, 0.2) is 6.07 Å². The molecule has 0 heterocycles. The maximum Gasteiger partial charge on any atom is 0.241 e. The van der Waals surface area contributed by atoms with Crippen molar-refractivity contribution in [2.24, 2.45) is 10.8 Å². The van der Waals surface area contributed by atoms with Crippen LogP contribution in [0.1, 0.15) is 55.7 Å². The fourth-order valence-electron chi connectivity index (χ4n) is 4.76. The highest BCUT2D eigenvalue weighted by Crippen LogP contribution is 2.71. The van der Waals surface area contributed by atoms with Crippen LogP contribution in [0.2, 0.25) is 0 Å². The number of amides is 1. The van der Waals surface area contributed by atoms with Gasteiger partial charge in [-0.25, -0.2) is 13.2 Å². The number of nitrogens with one attached hydrogen (secondary N) is 1. The molecule has 6 heteroatoms. The Morgan fingerprint density at radius 1 is 1.25 bits per heavy atom. The third kappa shape index (κ3) is 1.87. The Morgan fingerprint density at radius 3 is 2.62 bits per heavy atom. The number of carbonyl (C=O) groups excluding carboxylic acids is 1. The number of fused-ring (bicyclic) bond motifs is 1. The molecule has 0 unspecified atom stereocenters. The molecule has 0 saturated heterocycles. The molecule has 126 valence electrons. The number of aryl methyl sites for hydroxylation is 1. The van der Waals surface area contributed by atoms with Crippen LogP contribution in [-0.4, -0.2) is 5.91 Å². The van der Waals surface area contributed by atoms with Gasteiger partial charge in [0.2, 0.25) is 5.91 Å². The molecule has 1 N–H and O–H groups in total. The number of hydrogen-bond donors (Lipinski definition) is 1. The Balaban J connectivity index is 1.60. The molecule has 0 bridgehead atoms. The van der Waals surface area contributed by atoms with E-state index < -0.39 is 34.8 Å². The molecule has 0 aliphatic heterocycles. The van der Waals surface area contributed by atoms with E-state index in [0.29, 0.717) is 24.8 Å². The first-order valence-electron chi connectivity index (χ1n) is 8.33. The lowest BCUT2D eigenvalue weighted by Gasteiger charge is -2.20. The quantitative estimate of drug-likeness (QED) is 0.839. The molecule has 4 rings (SSSR count). The Morgan fingerprint density at radius 2 is 1.96 bits per heavy atom. The third-order valence-electron chi connectivity index (χ3n) is 6.16. The summed E-state index contributed by atoms with van der Waals surface area (Å²) >= 11 is 0. The van der Waals surface area contributed by atoms with E-state index in [1.165, 1.54) is 0 Å². The van der Waals surface area contributed by atoms with Gasteiger partial charge >= 0.3 is 0 Å². The highest BCUT2D eigenvalue weighted by molar-refractivity contribution is 5.90. The zero-order valence-electron chi connectivity index (χ0n) is 13.1. The van der Waals surface area contributed by atoms with Gasteiger partial charge in [-0.2, -0.15) is 5.26 Å². The van der Waals surface area contributed by atoms with E-state index in [0.717, 1.165) is 31.7 Å². The summed E-state index contributed by atoms with van der Waals surface area (Å²) in [5, 5.41) is 12.3. The average Bonchev–Trinajstić information content (AvgIpc) is 2.85. The van der Waals surface area contributed by atoms with Crippen LogP contribution >= 0.6 is 0 Å². The maximum absolute atomic E-state index is 14.1. The summed E-state index contributed by atoms with van der Waals surface area (Å²) in [7, 11) is 0. The van der Waals surface area contributed by atoms with E-state index >= 15 is 0 Å². The molecule has 2 atom stereocenters. The fraction of sp³-hybridized carbons (Fsp3) is 0.556. The lowest BCUT2D eigenvalue weighted by atomic mass is 9.91. The minimum Gasteiger partial charge on any atom is -0.348 e. The van der Waals surface area contributed by atoms with Crippen molar-refractivity contribution in [3.63, 3.8) is 0 Å². The van der Waals surface area contributed by atoms with Gasteiger partial charge in [0.25, 0.3) is 0 Å². The molecule has 1 aromatic carbocycles. The normalized spacial score (nSPS) is 29.3. The Bertz CT molecular complexity index is 779. The van der Waals surface area contributed by atoms with Gasteiger partial charge in [-0.05, 0) is 43.7 Å². The number of hydrogen-bond acceptors (Lipinski definition) is 2. The summed E-state index contributed by atoms with van der Waals surface area (Å²) in [6.07, 6.45) is 5.06. The van der Waals surface area contributed by atoms with Gasteiger partial charge in [0.05, 0.1) is 12.1 Å². The standard InChI is InChI=1S/C18H17F3N2O/c19-11-7-10-3-4-12(13(10)15(21)14(11)20)23-16(24)18(9-22)8-17(18)5-1-2-6-17/h7,12H,1-6,8H2,(H,23,24)/t12-,18+/m1/s1. The first kappa shape index (κ1) is 15.5. The highest BCUT2D eigenvalue weighted by atomic mass is 19.2. The fourth-order valence-corrected chi connectivity index (χ4v) is 4.76. The van der Waals surface area contributed by atoms with Crippen molar-refractivity contribution >= 4 is 5.91 Å². The molecule has 1 spiro atoms. The molecule has 1 amide bonds. The van der Waals surface area contributed by atoms with E-state index in [9.17, 15) is 23.2 Å². The van der Waals surface area contributed by atoms with Gasteiger partial charge in [-0.3, -0.25) is 4.79 Å². The minimum atomic E-state index is -1.51. The van der Waals surface area contributed by atoms with Crippen LogP contribution in [0.3, 0.4) is 0 Å². The number of rotatable bonds is 2. The summed E-state index contributed by atoms with van der Waals surface area (Å²) in [6.45, 7) is 0. The zero-order valence-corrected chi connectivity index (χ0v) is 13.1. The second-order valence-electron chi connectivity index (χ2n) is 7.31. The molecular formula is C18H17F3N2O. The molecule has 0 radical (unpaired) electrons.